The molecule has 1 aliphatic rings. The molecular weight excluding hydrogens is 222 g/mol. The number of ether oxygens (including phenoxy) is 1. The number of carbonyl (C=O) groups is 1. The minimum absolute atomic E-state index is 0.0990. The minimum Gasteiger partial charge on any atom is -0.482 e. The minimum atomic E-state index is -4.26. The van der Waals surface area contributed by atoms with E-state index in [0.717, 1.165) is 6.07 Å². The van der Waals surface area contributed by atoms with E-state index < -0.39 is 10.1 Å². The number of hydrogen-bond acceptors (Lipinski definition) is 4. The van der Waals surface area contributed by atoms with Gasteiger partial charge < -0.3 is 10.1 Å². The molecule has 0 radical (unpaired) electrons. The summed E-state index contributed by atoms with van der Waals surface area (Å²) in [6, 6.07) is 3.71. The maximum atomic E-state index is 10.9. The first-order valence-electron chi connectivity index (χ1n) is 4.01. The summed E-state index contributed by atoms with van der Waals surface area (Å²) in [7, 11) is -4.26. The van der Waals surface area contributed by atoms with E-state index in [1.165, 1.54) is 12.1 Å². The Morgan fingerprint density at radius 2 is 2.13 bits per heavy atom. The summed E-state index contributed by atoms with van der Waals surface area (Å²) in [6.45, 7) is -0.0990. The molecule has 0 aliphatic carbocycles. The van der Waals surface area contributed by atoms with Crippen molar-refractivity contribution in [1.29, 1.82) is 0 Å². The standard InChI is InChI=1S/C8H7NO5S/c10-8-4-14-7-2-1-5(15(11,12)13)3-6(7)9-8/h1-3H,4H2,(H,9,10)(H,11,12,13). The topological polar surface area (TPSA) is 92.7 Å². The Bertz CT molecular complexity index is 522. The van der Waals surface area contributed by atoms with Crippen LogP contribution in [0.25, 0.3) is 0 Å². The van der Waals surface area contributed by atoms with Crippen LogP contribution in [0.3, 0.4) is 0 Å². The number of benzene rings is 1. The van der Waals surface area contributed by atoms with Crippen LogP contribution in [0, 0.1) is 0 Å². The van der Waals surface area contributed by atoms with Gasteiger partial charge in [0.2, 0.25) is 0 Å². The van der Waals surface area contributed by atoms with Gasteiger partial charge in [0.15, 0.2) is 6.61 Å². The summed E-state index contributed by atoms with van der Waals surface area (Å²) in [5, 5.41) is 2.43. The number of rotatable bonds is 1. The van der Waals surface area contributed by atoms with Gasteiger partial charge in [-0.2, -0.15) is 8.42 Å². The zero-order chi connectivity index (χ0) is 11.1. The molecular formula is C8H7NO5S. The molecule has 0 atom stereocenters. The van der Waals surface area contributed by atoms with Crippen molar-refractivity contribution in [2.24, 2.45) is 0 Å². The Morgan fingerprint density at radius 3 is 2.80 bits per heavy atom. The number of nitrogens with one attached hydrogen (secondary N) is 1. The summed E-state index contributed by atoms with van der Waals surface area (Å²) in [5.41, 5.74) is 0.237. The van der Waals surface area contributed by atoms with Crippen molar-refractivity contribution in [1.82, 2.24) is 0 Å². The zero-order valence-corrected chi connectivity index (χ0v) is 8.24. The molecule has 1 aromatic rings. The van der Waals surface area contributed by atoms with Crippen LogP contribution in [0.5, 0.6) is 5.75 Å². The quantitative estimate of drug-likeness (QED) is 0.674. The molecule has 1 amide bonds. The predicted molar refractivity (Wildman–Crippen MR) is 50.4 cm³/mol. The van der Waals surface area contributed by atoms with Crippen molar-refractivity contribution in [3.63, 3.8) is 0 Å². The second kappa shape index (κ2) is 3.21. The molecule has 15 heavy (non-hydrogen) atoms. The largest absolute Gasteiger partial charge is 0.482 e. The van der Waals surface area contributed by atoms with E-state index in [9.17, 15) is 13.2 Å². The molecule has 0 fully saturated rings. The maximum Gasteiger partial charge on any atom is 0.294 e. The van der Waals surface area contributed by atoms with Crippen LogP contribution in [0.1, 0.15) is 0 Å². The molecule has 1 aliphatic heterocycles. The van der Waals surface area contributed by atoms with Crippen LogP contribution in [0.4, 0.5) is 5.69 Å². The highest BCUT2D eigenvalue weighted by Crippen LogP contribution is 2.29. The second-order valence-corrected chi connectivity index (χ2v) is 4.39. The first-order chi connectivity index (χ1) is 6.97. The first kappa shape index (κ1) is 9.94. The van der Waals surface area contributed by atoms with Gasteiger partial charge in [0, 0.05) is 0 Å². The van der Waals surface area contributed by atoms with Gasteiger partial charge in [0.25, 0.3) is 16.0 Å². The lowest BCUT2D eigenvalue weighted by Crippen LogP contribution is -2.25. The van der Waals surface area contributed by atoms with Crippen LogP contribution in [0.2, 0.25) is 0 Å². The highest BCUT2D eigenvalue weighted by Gasteiger charge is 2.19. The van der Waals surface area contributed by atoms with Gasteiger partial charge in [-0.15, -0.1) is 0 Å². The average Bonchev–Trinajstić information content (AvgIpc) is 2.15. The fourth-order valence-electron chi connectivity index (χ4n) is 1.22. The lowest BCUT2D eigenvalue weighted by atomic mass is 10.2. The van der Waals surface area contributed by atoms with Crippen LogP contribution in [-0.4, -0.2) is 25.5 Å². The third-order valence-corrected chi connectivity index (χ3v) is 2.73. The molecule has 0 spiro atoms. The highest BCUT2D eigenvalue weighted by molar-refractivity contribution is 7.85. The van der Waals surface area contributed by atoms with E-state index in [1.54, 1.807) is 0 Å². The van der Waals surface area contributed by atoms with Gasteiger partial charge in [-0.3, -0.25) is 9.35 Å². The van der Waals surface area contributed by atoms with Crippen LogP contribution in [-0.2, 0) is 14.9 Å². The Hall–Kier alpha value is -1.60. The summed E-state index contributed by atoms with van der Waals surface area (Å²) < 4.78 is 35.4. The smallest absolute Gasteiger partial charge is 0.294 e. The fraction of sp³-hybridized carbons (Fsp3) is 0.125. The zero-order valence-electron chi connectivity index (χ0n) is 7.43. The van der Waals surface area contributed by atoms with Crippen molar-refractivity contribution in [3.8, 4) is 5.75 Å². The van der Waals surface area contributed by atoms with Gasteiger partial charge >= 0.3 is 0 Å². The Balaban J connectivity index is 2.50. The Kier molecular flexibility index (Phi) is 2.13. The molecule has 0 bridgehead atoms. The second-order valence-electron chi connectivity index (χ2n) is 2.97. The van der Waals surface area contributed by atoms with E-state index in [2.05, 4.69) is 5.32 Å². The predicted octanol–water partition coefficient (Wildman–Crippen LogP) is 0.264. The fourth-order valence-corrected chi connectivity index (χ4v) is 1.73. The normalized spacial score (nSPS) is 15.1. The van der Waals surface area contributed by atoms with Crippen LogP contribution in [0.15, 0.2) is 23.1 Å². The van der Waals surface area contributed by atoms with Crippen LogP contribution < -0.4 is 10.1 Å². The number of anilines is 1. The van der Waals surface area contributed by atoms with Gasteiger partial charge in [0.05, 0.1) is 10.6 Å². The molecule has 1 aromatic carbocycles. The molecule has 0 unspecified atom stereocenters. The van der Waals surface area contributed by atoms with Gasteiger partial charge in [-0.05, 0) is 18.2 Å². The first-order valence-corrected chi connectivity index (χ1v) is 5.45. The number of fused-ring (bicyclic) bond motifs is 1. The molecule has 7 heteroatoms. The van der Waals surface area contributed by atoms with E-state index in [1.807, 2.05) is 0 Å². The van der Waals surface area contributed by atoms with E-state index in [4.69, 9.17) is 9.29 Å². The molecule has 6 nitrogen and oxygen atoms in total. The number of carbonyl (C=O) groups excluding carboxylic acids is 1. The molecule has 2 N–H and O–H groups in total. The summed E-state index contributed by atoms with van der Waals surface area (Å²) in [4.78, 5) is 10.7. The van der Waals surface area contributed by atoms with Crippen molar-refractivity contribution in [3.05, 3.63) is 18.2 Å². The third kappa shape index (κ3) is 1.92. The lowest BCUT2D eigenvalue weighted by Gasteiger charge is -2.17. The summed E-state index contributed by atoms with van der Waals surface area (Å²) >= 11 is 0. The lowest BCUT2D eigenvalue weighted by molar-refractivity contribution is -0.118. The molecule has 0 saturated carbocycles. The van der Waals surface area contributed by atoms with Crippen molar-refractivity contribution in [2.75, 3.05) is 11.9 Å². The molecule has 2 rings (SSSR count). The number of hydrogen-bond donors (Lipinski definition) is 2. The molecule has 0 aromatic heterocycles. The summed E-state index contributed by atoms with van der Waals surface area (Å²) in [6.07, 6.45) is 0. The monoisotopic (exact) mass is 229 g/mol. The maximum absolute atomic E-state index is 10.9. The van der Waals surface area contributed by atoms with Crippen LogP contribution >= 0.6 is 0 Å². The van der Waals surface area contributed by atoms with Gasteiger partial charge in [-0.25, -0.2) is 0 Å². The Labute approximate surface area is 85.6 Å². The Morgan fingerprint density at radius 1 is 1.40 bits per heavy atom. The summed E-state index contributed by atoms with van der Waals surface area (Å²) in [5.74, 6) is 0.0111. The third-order valence-electron chi connectivity index (χ3n) is 1.88. The molecule has 0 saturated heterocycles. The average molecular weight is 229 g/mol. The van der Waals surface area contributed by atoms with Gasteiger partial charge in [0.1, 0.15) is 5.75 Å². The molecule has 1 heterocycles. The highest BCUT2D eigenvalue weighted by atomic mass is 32.2. The van der Waals surface area contributed by atoms with Gasteiger partial charge in [-0.1, -0.05) is 0 Å². The SMILES string of the molecule is O=C1COc2ccc(S(=O)(=O)O)cc2N1. The van der Waals surface area contributed by atoms with E-state index in [-0.39, 0.29) is 23.1 Å². The van der Waals surface area contributed by atoms with Crippen molar-refractivity contribution in [2.45, 2.75) is 4.90 Å². The molecule has 80 valence electrons. The van der Waals surface area contributed by atoms with E-state index in [0.29, 0.717) is 5.75 Å². The van der Waals surface area contributed by atoms with E-state index >= 15 is 0 Å². The van der Waals surface area contributed by atoms with Crippen molar-refractivity contribution < 1.29 is 22.5 Å². The van der Waals surface area contributed by atoms with Crippen molar-refractivity contribution >= 4 is 21.7 Å². The number of amides is 1.